The van der Waals surface area contributed by atoms with Crippen molar-refractivity contribution in [1.82, 2.24) is 4.90 Å². The maximum Gasteiger partial charge on any atom is 0.0730 e. The number of likely N-dealkylation sites (tertiary alicyclic amines) is 1. The van der Waals surface area contributed by atoms with Gasteiger partial charge in [-0.3, -0.25) is 4.90 Å². The van der Waals surface area contributed by atoms with E-state index >= 15 is 0 Å². The quantitative estimate of drug-likeness (QED) is 0.660. The highest BCUT2D eigenvalue weighted by Gasteiger charge is 2.31. The number of hydrogen-bond acceptors (Lipinski definition) is 3. The molecule has 0 aromatic rings. The van der Waals surface area contributed by atoms with Crippen LogP contribution in [0.3, 0.4) is 0 Å². The zero-order valence-electron chi connectivity index (χ0n) is 8.99. The Morgan fingerprint density at radius 3 is 2.29 bits per heavy atom. The van der Waals surface area contributed by atoms with Crippen LogP contribution in [0.25, 0.3) is 0 Å². The zero-order valence-corrected chi connectivity index (χ0v) is 8.99. The van der Waals surface area contributed by atoms with Gasteiger partial charge in [0.2, 0.25) is 0 Å². The van der Waals surface area contributed by atoms with Crippen LogP contribution in [0.2, 0.25) is 0 Å². The van der Waals surface area contributed by atoms with Crippen LogP contribution in [0.15, 0.2) is 0 Å². The molecule has 1 aliphatic carbocycles. The van der Waals surface area contributed by atoms with Gasteiger partial charge < -0.3 is 11.5 Å². The molecule has 2 atom stereocenters. The Balaban J connectivity index is 1.93. The summed E-state index contributed by atoms with van der Waals surface area (Å²) >= 11 is 0. The van der Waals surface area contributed by atoms with Crippen molar-refractivity contribution in [3.63, 3.8) is 0 Å². The number of rotatable bonds is 1. The number of nitrogens with two attached hydrogens (primary N) is 2. The Morgan fingerprint density at radius 2 is 1.57 bits per heavy atom. The van der Waals surface area contributed by atoms with Gasteiger partial charge in [-0.1, -0.05) is 19.3 Å². The zero-order chi connectivity index (χ0) is 9.97. The third kappa shape index (κ3) is 2.10. The molecule has 0 aromatic heterocycles. The normalized spacial score (nSPS) is 37.3. The van der Waals surface area contributed by atoms with Gasteiger partial charge in [-0.25, -0.2) is 0 Å². The van der Waals surface area contributed by atoms with Crippen molar-refractivity contribution in [2.45, 2.75) is 63.2 Å². The van der Waals surface area contributed by atoms with Crippen LogP contribution in [0.4, 0.5) is 0 Å². The second kappa shape index (κ2) is 4.60. The highest BCUT2D eigenvalue weighted by Crippen LogP contribution is 2.26. The van der Waals surface area contributed by atoms with E-state index in [1.165, 1.54) is 45.1 Å². The Labute approximate surface area is 86.8 Å². The molecule has 0 bridgehead atoms. The Kier molecular flexibility index (Phi) is 3.42. The predicted octanol–water partition coefficient (Wildman–Crippen LogP) is 1.03. The first-order chi connectivity index (χ1) is 6.79. The molecule has 0 spiro atoms. The van der Waals surface area contributed by atoms with Crippen LogP contribution < -0.4 is 11.5 Å². The van der Waals surface area contributed by atoms with Gasteiger partial charge in [-0.15, -0.1) is 0 Å². The van der Waals surface area contributed by atoms with Crippen LogP contribution in [0, 0.1) is 0 Å². The van der Waals surface area contributed by atoms with Gasteiger partial charge in [-0.05, 0) is 25.7 Å². The Hall–Kier alpha value is -0.120. The molecule has 2 unspecified atom stereocenters. The fourth-order valence-electron chi connectivity index (χ4n) is 2.91. The second-order valence-corrected chi connectivity index (χ2v) is 4.83. The van der Waals surface area contributed by atoms with Gasteiger partial charge in [0.05, 0.1) is 6.17 Å². The summed E-state index contributed by atoms with van der Waals surface area (Å²) in [5, 5.41) is 0. The fourth-order valence-corrected chi connectivity index (χ4v) is 2.91. The van der Waals surface area contributed by atoms with Crippen molar-refractivity contribution in [3.8, 4) is 0 Å². The highest BCUT2D eigenvalue weighted by molar-refractivity contribution is 4.87. The maximum atomic E-state index is 6.15. The number of nitrogens with zero attached hydrogens (tertiary/aromatic N) is 1. The maximum absolute atomic E-state index is 6.15. The Bertz CT molecular complexity index is 177. The molecule has 0 amide bonds. The number of piperidine rings is 1. The van der Waals surface area contributed by atoms with Gasteiger partial charge in [0.25, 0.3) is 0 Å². The molecular weight excluding hydrogens is 174 g/mol. The van der Waals surface area contributed by atoms with Gasteiger partial charge in [0.1, 0.15) is 0 Å². The summed E-state index contributed by atoms with van der Waals surface area (Å²) in [4.78, 5) is 2.47. The molecular formula is C11H23N3. The average Bonchev–Trinajstić information content (AvgIpc) is 2.23. The highest BCUT2D eigenvalue weighted by atomic mass is 15.3. The topological polar surface area (TPSA) is 55.3 Å². The monoisotopic (exact) mass is 197 g/mol. The van der Waals surface area contributed by atoms with Gasteiger partial charge in [0, 0.05) is 18.6 Å². The van der Waals surface area contributed by atoms with E-state index in [4.69, 9.17) is 11.5 Å². The molecule has 1 aliphatic heterocycles. The minimum Gasteiger partial charge on any atom is -0.325 e. The minimum absolute atomic E-state index is 0.117. The summed E-state index contributed by atoms with van der Waals surface area (Å²) in [5.74, 6) is 0. The fraction of sp³-hybridized carbons (Fsp3) is 1.00. The van der Waals surface area contributed by atoms with E-state index in [9.17, 15) is 0 Å². The first-order valence-corrected chi connectivity index (χ1v) is 6.06. The molecule has 4 N–H and O–H groups in total. The van der Waals surface area contributed by atoms with Gasteiger partial charge in [0.15, 0.2) is 0 Å². The first kappa shape index (κ1) is 10.4. The van der Waals surface area contributed by atoms with Crippen molar-refractivity contribution in [1.29, 1.82) is 0 Å². The lowest BCUT2D eigenvalue weighted by atomic mass is 9.91. The van der Waals surface area contributed by atoms with E-state index in [-0.39, 0.29) is 12.2 Å². The molecule has 14 heavy (non-hydrogen) atoms. The molecule has 0 aromatic carbocycles. The molecule has 0 radical (unpaired) electrons. The van der Waals surface area contributed by atoms with E-state index in [0.29, 0.717) is 0 Å². The third-order valence-electron chi connectivity index (χ3n) is 3.82. The van der Waals surface area contributed by atoms with Crippen molar-refractivity contribution < 1.29 is 0 Å². The van der Waals surface area contributed by atoms with Gasteiger partial charge >= 0.3 is 0 Å². The summed E-state index contributed by atoms with van der Waals surface area (Å²) < 4.78 is 0. The molecule has 82 valence electrons. The van der Waals surface area contributed by atoms with Crippen LogP contribution in [0.5, 0.6) is 0 Å². The van der Waals surface area contributed by atoms with E-state index in [2.05, 4.69) is 4.90 Å². The smallest absolute Gasteiger partial charge is 0.0730 e. The van der Waals surface area contributed by atoms with E-state index in [1.54, 1.807) is 0 Å². The summed E-state index contributed by atoms with van der Waals surface area (Å²) in [6, 6.07) is 0.927. The van der Waals surface area contributed by atoms with Crippen LogP contribution in [-0.2, 0) is 0 Å². The Morgan fingerprint density at radius 1 is 0.857 bits per heavy atom. The van der Waals surface area contributed by atoms with Crippen molar-refractivity contribution >= 4 is 0 Å². The van der Waals surface area contributed by atoms with Crippen LogP contribution >= 0.6 is 0 Å². The van der Waals surface area contributed by atoms with Crippen molar-refractivity contribution in [3.05, 3.63) is 0 Å². The largest absolute Gasteiger partial charge is 0.325 e. The molecule has 1 heterocycles. The summed E-state index contributed by atoms with van der Waals surface area (Å²) in [7, 11) is 0. The van der Waals surface area contributed by atoms with Crippen molar-refractivity contribution in [2.75, 3.05) is 6.54 Å². The van der Waals surface area contributed by atoms with Crippen LogP contribution in [-0.4, -0.2) is 29.7 Å². The van der Waals surface area contributed by atoms with Gasteiger partial charge in [-0.2, -0.15) is 0 Å². The molecule has 3 nitrogen and oxygen atoms in total. The van der Waals surface area contributed by atoms with Crippen molar-refractivity contribution in [2.24, 2.45) is 11.5 Å². The standard InChI is InChI=1S/C11H23N3/c12-10-7-4-8-14(11(10)13)9-5-2-1-3-6-9/h9-11H,1-8,12-13H2. The molecule has 2 fully saturated rings. The third-order valence-corrected chi connectivity index (χ3v) is 3.82. The summed E-state index contributed by atoms with van der Waals surface area (Å²) in [6.07, 6.45) is 9.28. The molecule has 1 saturated carbocycles. The molecule has 2 aliphatic rings. The summed E-state index contributed by atoms with van der Waals surface area (Å²) in [5.41, 5.74) is 12.2. The SMILES string of the molecule is NC1CCCN(C2CCCCC2)C1N. The molecule has 2 rings (SSSR count). The second-order valence-electron chi connectivity index (χ2n) is 4.83. The van der Waals surface area contributed by atoms with E-state index in [0.717, 1.165) is 12.5 Å². The lowest BCUT2D eigenvalue weighted by Crippen LogP contribution is -2.60. The predicted molar refractivity (Wildman–Crippen MR) is 58.8 cm³/mol. The minimum atomic E-state index is 0.117. The first-order valence-electron chi connectivity index (χ1n) is 6.06. The molecule has 1 saturated heterocycles. The average molecular weight is 197 g/mol. The lowest BCUT2D eigenvalue weighted by Gasteiger charge is -2.43. The summed E-state index contributed by atoms with van der Waals surface area (Å²) in [6.45, 7) is 1.17. The molecule has 3 heteroatoms. The van der Waals surface area contributed by atoms with E-state index in [1.807, 2.05) is 0 Å². The lowest BCUT2D eigenvalue weighted by molar-refractivity contribution is 0.0630. The number of hydrogen-bond donors (Lipinski definition) is 2. The van der Waals surface area contributed by atoms with E-state index < -0.39 is 0 Å². The van der Waals surface area contributed by atoms with Crippen LogP contribution in [0.1, 0.15) is 44.9 Å².